The Morgan fingerprint density at radius 3 is 2.67 bits per heavy atom. The molecule has 0 bridgehead atoms. The molecule has 0 aliphatic carbocycles. The molecule has 1 rings (SSSR count). The minimum Gasteiger partial charge on any atom is -0.364 e. The fourth-order valence-corrected chi connectivity index (χ4v) is 1.80. The van der Waals surface area contributed by atoms with Crippen LogP contribution in [0, 0.1) is 23.0 Å². The van der Waals surface area contributed by atoms with Crippen molar-refractivity contribution < 1.29 is 4.92 Å². The van der Waals surface area contributed by atoms with Gasteiger partial charge in [-0.1, -0.05) is 13.8 Å². The van der Waals surface area contributed by atoms with Crippen molar-refractivity contribution in [1.82, 2.24) is 9.97 Å². The highest BCUT2D eigenvalue weighted by molar-refractivity contribution is 6.28. The lowest BCUT2D eigenvalue weighted by atomic mass is 10.1. The smallest absolute Gasteiger partial charge is 0.332 e. The molecular weight excluding hydrogens is 256 g/mol. The third kappa shape index (κ3) is 4.10. The van der Waals surface area contributed by atoms with Crippen molar-refractivity contribution in [3.63, 3.8) is 0 Å². The lowest BCUT2D eigenvalue weighted by molar-refractivity contribution is -0.385. The van der Waals surface area contributed by atoms with Gasteiger partial charge in [0.1, 0.15) is 5.69 Å². The summed E-state index contributed by atoms with van der Waals surface area (Å²) in [6.45, 7) is 6.44. The summed E-state index contributed by atoms with van der Waals surface area (Å²) in [6.07, 6.45) is 1.98. The molecule has 0 radical (unpaired) electrons. The summed E-state index contributed by atoms with van der Waals surface area (Å²) in [6, 6.07) is 0. The molecule has 100 valence electrons. The molecule has 0 spiro atoms. The second-order valence-corrected chi connectivity index (χ2v) is 4.83. The van der Waals surface area contributed by atoms with E-state index >= 15 is 0 Å². The highest BCUT2D eigenvalue weighted by Crippen LogP contribution is 2.26. The Morgan fingerprint density at radius 2 is 2.11 bits per heavy atom. The van der Waals surface area contributed by atoms with Crippen LogP contribution in [0.2, 0.25) is 5.28 Å². The Morgan fingerprint density at radius 1 is 1.44 bits per heavy atom. The van der Waals surface area contributed by atoms with E-state index in [1.807, 2.05) is 0 Å². The quantitative estimate of drug-likeness (QED) is 0.372. The van der Waals surface area contributed by atoms with Gasteiger partial charge in [-0.2, -0.15) is 4.98 Å². The number of anilines is 1. The van der Waals surface area contributed by atoms with E-state index in [-0.39, 0.29) is 22.5 Å². The minimum atomic E-state index is -0.490. The average molecular weight is 273 g/mol. The van der Waals surface area contributed by atoms with Gasteiger partial charge in [-0.25, -0.2) is 4.98 Å². The fourth-order valence-electron chi connectivity index (χ4n) is 1.59. The van der Waals surface area contributed by atoms with Gasteiger partial charge in [0.2, 0.25) is 11.1 Å². The van der Waals surface area contributed by atoms with Gasteiger partial charge in [0.15, 0.2) is 0 Å². The van der Waals surface area contributed by atoms with Crippen molar-refractivity contribution in [2.45, 2.75) is 33.6 Å². The summed E-state index contributed by atoms with van der Waals surface area (Å²) in [7, 11) is 0. The van der Waals surface area contributed by atoms with Crippen molar-refractivity contribution in [1.29, 1.82) is 0 Å². The molecule has 0 unspecified atom stereocenters. The van der Waals surface area contributed by atoms with E-state index < -0.39 is 4.92 Å². The number of hydrogen-bond acceptors (Lipinski definition) is 5. The maximum absolute atomic E-state index is 10.9. The molecule has 0 atom stereocenters. The zero-order valence-corrected chi connectivity index (χ0v) is 11.5. The zero-order chi connectivity index (χ0) is 13.7. The van der Waals surface area contributed by atoms with Crippen molar-refractivity contribution in [3.8, 4) is 0 Å². The van der Waals surface area contributed by atoms with Crippen LogP contribution in [-0.4, -0.2) is 21.4 Å². The van der Waals surface area contributed by atoms with Crippen LogP contribution in [0.15, 0.2) is 0 Å². The molecule has 0 aliphatic heterocycles. The van der Waals surface area contributed by atoms with E-state index in [1.54, 1.807) is 6.92 Å². The Bertz CT molecular complexity index is 437. The summed E-state index contributed by atoms with van der Waals surface area (Å²) in [5, 5.41) is 13.9. The van der Waals surface area contributed by atoms with Crippen LogP contribution < -0.4 is 5.32 Å². The predicted molar refractivity (Wildman–Crippen MR) is 71.0 cm³/mol. The number of aryl methyl sites for hydroxylation is 1. The van der Waals surface area contributed by atoms with Gasteiger partial charge in [0, 0.05) is 6.54 Å². The summed E-state index contributed by atoms with van der Waals surface area (Å²) in [4.78, 5) is 18.1. The number of nitro groups is 1. The van der Waals surface area contributed by atoms with Gasteiger partial charge in [0.25, 0.3) is 0 Å². The first-order chi connectivity index (χ1) is 8.41. The maximum atomic E-state index is 10.9. The van der Waals surface area contributed by atoms with Crippen molar-refractivity contribution in [3.05, 3.63) is 21.1 Å². The van der Waals surface area contributed by atoms with Crippen molar-refractivity contribution in [2.75, 3.05) is 11.9 Å². The van der Waals surface area contributed by atoms with Crippen LogP contribution in [0.4, 0.5) is 11.5 Å². The van der Waals surface area contributed by atoms with Gasteiger partial charge in [0.05, 0.1) is 4.92 Å². The molecule has 0 fully saturated rings. The third-order valence-corrected chi connectivity index (χ3v) is 2.63. The van der Waals surface area contributed by atoms with E-state index in [4.69, 9.17) is 11.6 Å². The van der Waals surface area contributed by atoms with Gasteiger partial charge in [-0.15, -0.1) is 0 Å². The number of halogens is 1. The number of nitrogens with zero attached hydrogens (tertiary/aromatic N) is 3. The van der Waals surface area contributed by atoms with Crippen LogP contribution >= 0.6 is 11.6 Å². The third-order valence-electron chi connectivity index (χ3n) is 2.46. The molecule has 0 saturated carbocycles. The van der Waals surface area contributed by atoms with E-state index in [0.717, 1.165) is 12.8 Å². The molecule has 0 aliphatic rings. The second kappa shape index (κ2) is 6.49. The average Bonchev–Trinajstić information content (AvgIpc) is 2.22. The monoisotopic (exact) mass is 272 g/mol. The van der Waals surface area contributed by atoms with Gasteiger partial charge < -0.3 is 5.32 Å². The normalized spacial score (nSPS) is 10.7. The SMILES string of the molecule is Cc1nc(Cl)nc(NCCCC(C)C)c1[N+](=O)[O-]. The Labute approximate surface area is 111 Å². The number of hydrogen-bond donors (Lipinski definition) is 1. The number of rotatable bonds is 6. The van der Waals surface area contributed by atoms with Crippen LogP contribution in [0.3, 0.4) is 0 Å². The Kier molecular flexibility index (Phi) is 5.27. The molecule has 1 aromatic heterocycles. The van der Waals surface area contributed by atoms with Gasteiger partial charge >= 0.3 is 5.69 Å². The number of nitrogens with one attached hydrogen (secondary N) is 1. The molecule has 1 N–H and O–H groups in total. The Balaban J connectivity index is 2.77. The van der Waals surface area contributed by atoms with Crippen molar-refractivity contribution >= 4 is 23.1 Å². The molecular formula is C11H17ClN4O2. The van der Waals surface area contributed by atoms with E-state index in [1.165, 1.54) is 0 Å². The van der Waals surface area contributed by atoms with Crippen LogP contribution in [0.1, 0.15) is 32.4 Å². The maximum Gasteiger partial charge on any atom is 0.332 e. The highest BCUT2D eigenvalue weighted by atomic mass is 35.5. The standard InChI is InChI=1S/C11H17ClN4O2/c1-7(2)5-4-6-13-10-9(16(17)18)8(3)14-11(12)15-10/h7H,4-6H2,1-3H3,(H,13,14,15). The zero-order valence-electron chi connectivity index (χ0n) is 10.7. The minimum absolute atomic E-state index is 0.0180. The van der Waals surface area contributed by atoms with Crippen molar-refractivity contribution in [2.24, 2.45) is 5.92 Å². The van der Waals surface area contributed by atoms with Gasteiger partial charge in [-0.05, 0) is 37.3 Å². The summed E-state index contributed by atoms with van der Waals surface area (Å²) in [5.74, 6) is 0.804. The van der Waals surface area contributed by atoms with E-state index in [9.17, 15) is 10.1 Å². The summed E-state index contributed by atoms with van der Waals surface area (Å²) >= 11 is 5.71. The number of aromatic nitrogens is 2. The molecule has 1 aromatic rings. The lowest BCUT2D eigenvalue weighted by Crippen LogP contribution is -2.09. The van der Waals surface area contributed by atoms with E-state index in [2.05, 4.69) is 29.1 Å². The molecule has 0 saturated heterocycles. The lowest BCUT2D eigenvalue weighted by Gasteiger charge is -2.08. The summed E-state index contributed by atoms with van der Waals surface area (Å²) in [5.41, 5.74) is 0.162. The molecule has 0 aromatic carbocycles. The molecule has 6 nitrogen and oxygen atoms in total. The van der Waals surface area contributed by atoms with Crippen LogP contribution in [-0.2, 0) is 0 Å². The Hall–Kier alpha value is -1.43. The topological polar surface area (TPSA) is 81.0 Å². The predicted octanol–water partition coefficient (Wildman–Crippen LogP) is 3.19. The first-order valence-electron chi connectivity index (χ1n) is 5.84. The fraction of sp³-hybridized carbons (Fsp3) is 0.636. The largest absolute Gasteiger partial charge is 0.364 e. The molecule has 18 heavy (non-hydrogen) atoms. The highest BCUT2D eigenvalue weighted by Gasteiger charge is 2.21. The van der Waals surface area contributed by atoms with Crippen LogP contribution in [0.25, 0.3) is 0 Å². The van der Waals surface area contributed by atoms with Gasteiger partial charge in [-0.3, -0.25) is 10.1 Å². The first kappa shape index (κ1) is 14.6. The second-order valence-electron chi connectivity index (χ2n) is 4.50. The molecule has 0 amide bonds. The molecule has 7 heteroatoms. The van der Waals surface area contributed by atoms with E-state index in [0.29, 0.717) is 12.5 Å². The first-order valence-corrected chi connectivity index (χ1v) is 6.22. The molecule has 1 heterocycles. The summed E-state index contributed by atoms with van der Waals surface area (Å²) < 4.78 is 0. The van der Waals surface area contributed by atoms with Crippen LogP contribution in [0.5, 0.6) is 0 Å².